The Labute approximate surface area is 123 Å². The van der Waals surface area contributed by atoms with Crippen molar-refractivity contribution in [1.82, 2.24) is 10.2 Å². The van der Waals surface area contributed by atoms with E-state index in [4.69, 9.17) is 5.11 Å². The number of carboxylic acid groups (broad SMARTS) is 1. The number of carbonyl (C=O) groups excluding carboxylic acids is 1. The van der Waals surface area contributed by atoms with Gasteiger partial charge in [-0.1, -0.05) is 13.3 Å². The Morgan fingerprint density at radius 3 is 2.71 bits per heavy atom. The van der Waals surface area contributed by atoms with Gasteiger partial charge in [0.05, 0.1) is 5.92 Å². The van der Waals surface area contributed by atoms with Gasteiger partial charge in [0, 0.05) is 33.0 Å². The highest BCUT2D eigenvalue weighted by Crippen LogP contribution is 2.34. The molecule has 0 saturated heterocycles. The van der Waals surface area contributed by atoms with Gasteiger partial charge in [-0.25, -0.2) is 13.6 Å². The molecule has 0 heterocycles. The van der Waals surface area contributed by atoms with Gasteiger partial charge in [0.2, 0.25) is 5.92 Å². The van der Waals surface area contributed by atoms with Crippen molar-refractivity contribution in [1.29, 1.82) is 0 Å². The van der Waals surface area contributed by atoms with Crippen molar-refractivity contribution in [2.45, 2.75) is 45.0 Å². The SMILES string of the molecule is CC(CN(C)C(=O)NCC1CCCCC(F)(F)C1)C(=O)O. The Morgan fingerprint density at radius 1 is 1.43 bits per heavy atom. The van der Waals surface area contributed by atoms with Crippen LogP contribution in [0.1, 0.15) is 39.0 Å². The Morgan fingerprint density at radius 2 is 2.10 bits per heavy atom. The van der Waals surface area contributed by atoms with E-state index in [2.05, 4.69) is 5.32 Å². The molecule has 0 bridgehead atoms. The van der Waals surface area contributed by atoms with Crippen molar-refractivity contribution in [3.63, 3.8) is 0 Å². The Kier molecular flexibility index (Phi) is 6.36. The van der Waals surface area contributed by atoms with Crippen LogP contribution in [-0.2, 0) is 4.79 Å². The van der Waals surface area contributed by atoms with Crippen LogP contribution in [0.2, 0.25) is 0 Å². The molecule has 0 spiro atoms. The lowest BCUT2D eigenvalue weighted by atomic mass is 9.99. The second-order valence-electron chi connectivity index (χ2n) is 5.98. The first-order valence-corrected chi connectivity index (χ1v) is 7.31. The van der Waals surface area contributed by atoms with Crippen LogP contribution in [0.4, 0.5) is 13.6 Å². The highest BCUT2D eigenvalue weighted by molar-refractivity contribution is 5.75. The minimum Gasteiger partial charge on any atom is -0.481 e. The molecule has 2 unspecified atom stereocenters. The van der Waals surface area contributed by atoms with Gasteiger partial charge >= 0.3 is 12.0 Å². The number of hydrogen-bond acceptors (Lipinski definition) is 2. The van der Waals surface area contributed by atoms with E-state index < -0.39 is 23.8 Å². The Hall–Kier alpha value is -1.40. The summed E-state index contributed by atoms with van der Waals surface area (Å²) in [5.41, 5.74) is 0. The molecule has 1 aliphatic carbocycles. The second kappa shape index (κ2) is 7.56. The van der Waals surface area contributed by atoms with Crippen molar-refractivity contribution in [2.75, 3.05) is 20.1 Å². The smallest absolute Gasteiger partial charge is 0.317 e. The largest absolute Gasteiger partial charge is 0.481 e. The van der Waals surface area contributed by atoms with E-state index in [0.717, 1.165) is 6.42 Å². The molecule has 2 N–H and O–H groups in total. The third-order valence-corrected chi connectivity index (χ3v) is 3.85. The third-order valence-electron chi connectivity index (χ3n) is 3.85. The zero-order chi connectivity index (χ0) is 16.0. The number of carboxylic acids is 1. The van der Waals surface area contributed by atoms with Crippen molar-refractivity contribution in [3.8, 4) is 0 Å². The average Bonchev–Trinajstić information content (AvgIpc) is 2.56. The summed E-state index contributed by atoms with van der Waals surface area (Å²) in [5.74, 6) is -4.51. The lowest BCUT2D eigenvalue weighted by molar-refractivity contribution is -0.141. The first kappa shape index (κ1) is 17.7. The molecule has 0 aromatic rings. The summed E-state index contributed by atoms with van der Waals surface area (Å²) in [6.45, 7) is 1.81. The topological polar surface area (TPSA) is 69.6 Å². The molecular formula is C14H24F2N2O3. The van der Waals surface area contributed by atoms with Gasteiger partial charge < -0.3 is 15.3 Å². The van der Waals surface area contributed by atoms with E-state index in [1.165, 1.54) is 18.9 Å². The van der Waals surface area contributed by atoms with E-state index >= 15 is 0 Å². The molecular weight excluding hydrogens is 282 g/mol. The summed E-state index contributed by atoms with van der Waals surface area (Å²) in [7, 11) is 1.50. The van der Waals surface area contributed by atoms with Crippen LogP contribution in [0.5, 0.6) is 0 Å². The van der Waals surface area contributed by atoms with E-state index in [0.29, 0.717) is 12.8 Å². The zero-order valence-corrected chi connectivity index (χ0v) is 12.6. The summed E-state index contributed by atoms with van der Waals surface area (Å²) in [6, 6.07) is -0.421. The first-order valence-electron chi connectivity index (χ1n) is 7.31. The molecule has 2 amide bonds. The molecule has 0 radical (unpaired) electrons. The van der Waals surface area contributed by atoms with Crippen molar-refractivity contribution in [2.24, 2.45) is 11.8 Å². The minimum atomic E-state index is -2.64. The molecule has 0 aliphatic heterocycles. The Balaban J connectivity index is 2.39. The predicted molar refractivity (Wildman–Crippen MR) is 74.4 cm³/mol. The number of amides is 2. The fraction of sp³-hybridized carbons (Fsp3) is 0.857. The lowest BCUT2D eigenvalue weighted by Gasteiger charge is -2.23. The highest BCUT2D eigenvalue weighted by atomic mass is 19.3. The number of carbonyl (C=O) groups is 2. The number of nitrogens with zero attached hydrogens (tertiary/aromatic N) is 1. The van der Waals surface area contributed by atoms with Gasteiger partial charge in [-0.05, 0) is 18.8 Å². The number of urea groups is 1. The fourth-order valence-corrected chi connectivity index (χ4v) is 2.56. The van der Waals surface area contributed by atoms with Gasteiger partial charge in [-0.3, -0.25) is 4.79 Å². The fourth-order valence-electron chi connectivity index (χ4n) is 2.56. The normalized spacial score (nSPS) is 23.0. The highest BCUT2D eigenvalue weighted by Gasteiger charge is 2.34. The molecule has 1 rings (SSSR count). The summed E-state index contributed by atoms with van der Waals surface area (Å²) >= 11 is 0. The van der Waals surface area contributed by atoms with E-state index in [1.54, 1.807) is 0 Å². The average molecular weight is 306 g/mol. The molecule has 0 aromatic carbocycles. The lowest BCUT2D eigenvalue weighted by Crippen LogP contribution is -2.42. The van der Waals surface area contributed by atoms with Gasteiger partial charge in [0.25, 0.3) is 0 Å². The molecule has 0 aromatic heterocycles. The van der Waals surface area contributed by atoms with Crippen LogP contribution in [0.3, 0.4) is 0 Å². The molecule has 7 heteroatoms. The van der Waals surface area contributed by atoms with Gasteiger partial charge in [-0.2, -0.15) is 0 Å². The number of rotatable bonds is 5. The number of halogens is 2. The van der Waals surface area contributed by atoms with E-state index in [-0.39, 0.29) is 31.8 Å². The molecule has 21 heavy (non-hydrogen) atoms. The standard InChI is InChI=1S/C14H24F2N2O3/c1-10(12(19)20)9-18(2)13(21)17-8-11-5-3-4-6-14(15,16)7-11/h10-11H,3-9H2,1-2H3,(H,17,21)(H,19,20). The van der Waals surface area contributed by atoms with Crippen LogP contribution in [0.15, 0.2) is 0 Å². The number of nitrogens with one attached hydrogen (secondary N) is 1. The monoisotopic (exact) mass is 306 g/mol. The first-order chi connectivity index (χ1) is 9.71. The molecule has 122 valence electrons. The molecule has 2 atom stereocenters. The maximum Gasteiger partial charge on any atom is 0.317 e. The number of hydrogen-bond donors (Lipinski definition) is 2. The zero-order valence-electron chi connectivity index (χ0n) is 12.6. The molecule has 1 saturated carbocycles. The third kappa shape index (κ3) is 6.27. The number of aliphatic carboxylic acids is 1. The summed E-state index contributed by atoms with van der Waals surface area (Å²) in [4.78, 5) is 23.8. The summed E-state index contributed by atoms with van der Waals surface area (Å²) < 4.78 is 26.9. The minimum absolute atomic E-state index is 0.0759. The van der Waals surface area contributed by atoms with Crippen LogP contribution >= 0.6 is 0 Å². The van der Waals surface area contributed by atoms with Gasteiger partial charge in [0.15, 0.2) is 0 Å². The van der Waals surface area contributed by atoms with Crippen molar-refractivity contribution >= 4 is 12.0 Å². The molecule has 1 aliphatic rings. The van der Waals surface area contributed by atoms with Crippen molar-refractivity contribution in [3.05, 3.63) is 0 Å². The van der Waals surface area contributed by atoms with Gasteiger partial charge in [0.1, 0.15) is 0 Å². The number of alkyl halides is 2. The maximum absolute atomic E-state index is 13.5. The molecule has 5 nitrogen and oxygen atoms in total. The molecule has 1 fully saturated rings. The summed E-state index contributed by atoms with van der Waals surface area (Å²) in [5, 5.41) is 11.4. The quantitative estimate of drug-likeness (QED) is 0.767. The van der Waals surface area contributed by atoms with Crippen LogP contribution < -0.4 is 5.32 Å². The van der Waals surface area contributed by atoms with Crippen molar-refractivity contribution < 1.29 is 23.5 Å². The van der Waals surface area contributed by atoms with Crippen LogP contribution in [0.25, 0.3) is 0 Å². The van der Waals surface area contributed by atoms with E-state index in [9.17, 15) is 18.4 Å². The predicted octanol–water partition coefficient (Wildman–Crippen LogP) is 2.56. The van der Waals surface area contributed by atoms with Gasteiger partial charge in [-0.15, -0.1) is 0 Å². The summed E-state index contributed by atoms with van der Waals surface area (Å²) in [6.07, 6.45) is 1.69. The maximum atomic E-state index is 13.5. The Bertz CT molecular complexity index is 377. The second-order valence-corrected chi connectivity index (χ2v) is 5.98. The van der Waals surface area contributed by atoms with E-state index in [1.807, 2.05) is 0 Å². The van der Waals surface area contributed by atoms with Crippen LogP contribution in [0, 0.1) is 11.8 Å². The van der Waals surface area contributed by atoms with Crippen LogP contribution in [-0.4, -0.2) is 48.1 Å².